The van der Waals surface area contributed by atoms with Crippen molar-refractivity contribution < 1.29 is 68.1 Å². The van der Waals surface area contributed by atoms with E-state index in [-0.39, 0.29) is 68.8 Å². The van der Waals surface area contributed by atoms with Gasteiger partial charge in [0.1, 0.15) is 31.5 Å². The van der Waals surface area contributed by atoms with Crippen molar-refractivity contribution in [3.8, 4) is 0 Å². The van der Waals surface area contributed by atoms with Crippen LogP contribution in [-0.2, 0) is 52.7 Å². The highest BCUT2D eigenvalue weighted by atomic mass is 32.2. The number of rotatable bonds is 24. The van der Waals surface area contributed by atoms with E-state index in [1.54, 1.807) is 13.8 Å². The van der Waals surface area contributed by atoms with Crippen LogP contribution < -0.4 is 16.0 Å². The Morgan fingerprint density at radius 1 is 0.683 bits per heavy atom. The van der Waals surface area contributed by atoms with Gasteiger partial charge in [0.15, 0.2) is 5.78 Å². The van der Waals surface area contributed by atoms with Crippen LogP contribution in [0.3, 0.4) is 0 Å². The molecule has 6 N–H and O–H groups in total. The number of carbonyl (C=O) groups is 11. The zero-order valence-electron chi connectivity index (χ0n) is 34.1. The number of carboxylic acid groups (broad SMARTS) is 3. The summed E-state index contributed by atoms with van der Waals surface area (Å²) in [5.41, 5.74) is 0. The Morgan fingerprint density at radius 2 is 1.18 bits per heavy atom. The Balaban J connectivity index is 0. The van der Waals surface area contributed by atoms with Crippen LogP contribution in [-0.4, -0.2) is 143 Å². The van der Waals surface area contributed by atoms with Gasteiger partial charge in [-0.3, -0.25) is 57.7 Å². The first-order valence-corrected chi connectivity index (χ1v) is 20.9. The number of nitrogens with zero attached hydrogens (tertiary/aromatic N) is 2. The van der Waals surface area contributed by atoms with Gasteiger partial charge in [0.25, 0.3) is 0 Å². The molecule has 0 aromatic heterocycles. The van der Waals surface area contributed by atoms with Gasteiger partial charge in [-0.15, -0.1) is 23.5 Å². The smallest absolute Gasteiger partial charge is 0.326 e. The van der Waals surface area contributed by atoms with Crippen molar-refractivity contribution in [1.29, 1.82) is 0 Å². The number of carbonyl (C=O) groups excluding carboxylic acids is 8. The molecule has 0 aliphatic carbocycles. The fourth-order valence-corrected chi connectivity index (χ4v) is 8.32. The predicted molar refractivity (Wildman–Crippen MR) is 226 cm³/mol. The van der Waals surface area contributed by atoms with Crippen LogP contribution in [0.4, 0.5) is 0 Å². The van der Waals surface area contributed by atoms with Gasteiger partial charge in [-0.05, 0) is 12.3 Å². The van der Waals surface area contributed by atoms with Crippen LogP contribution in [0.25, 0.3) is 0 Å². The summed E-state index contributed by atoms with van der Waals surface area (Å²) in [7, 11) is 0. The molecule has 60 heavy (non-hydrogen) atoms. The molecule has 2 saturated heterocycles. The lowest BCUT2D eigenvalue weighted by Crippen LogP contribution is -2.47. The van der Waals surface area contributed by atoms with Crippen LogP contribution in [0.5, 0.6) is 0 Å². The van der Waals surface area contributed by atoms with Crippen molar-refractivity contribution >= 4 is 88.4 Å². The number of thioether (sulfide) groups is 2. The van der Waals surface area contributed by atoms with Gasteiger partial charge in [0.2, 0.25) is 35.4 Å². The van der Waals surface area contributed by atoms with Crippen molar-refractivity contribution in [2.45, 2.75) is 131 Å². The largest absolute Gasteiger partial charge is 0.481 e. The zero-order valence-corrected chi connectivity index (χ0v) is 35.7. The van der Waals surface area contributed by atoms with E-state index >= 15 is 0 Å². The van der Waals surface area contributed by atoms with Crippen LogP contribution in [0.15, 0.2) is 0 Å². The van der Waals surface area contributed by atoms with Gasteiger partial charge in [-0.1, -0.05) is 70.2 Å². The summed E-state index contributed by atoms with van der Waals surface area (Å²) in [6, 6.07) is -2.13. The Hall–Kier alpha value is -4.37. The van der Waals surface area contributed by atoms with E-state index in [4.69, 9.17) is 15.3 Å². The van der Waals surface area contributed by atoms with E-state index < -0.39 is 102 Å². The molecule has 0 saturated carbocycles. The maximum atomic E-state index is 12.7. The Morgan fingerprint density at radius 3 is 1.63 bits per heavy atom. The fraction of sp³-hybridized carbons (Fsp3) is 0.718. The number of hydrogen-bond donors (Lipinski definition) is 6. The molecule has 0 bridgehead atoms. The third-order valence-corrected chi connectivity index (χ3v) is 11.3. The minimum atomic E-state index is -1.68. The molecule has 2 heterocycles. The van der Waals surface area contributed by atoms with E-state index in [0.29, 0.717) is 11.7 Å². The predicted octanol–water partition coefficient (Wildman–Crippen LogP) is 2.04. The minimum absolute atomic E-state index is 0. The summed E-state index contributed by atoms with van der Waals surface area (Å²) in [4.78, 5) is 131. The number of amides is 6. The van der Waals surface area contributed by atoms with Crippen molar-refractivity contribution in [2.24, 2.45) is 23.7 Å². The molecule has 0 aromatic carbocycles. The number of Topliss-reactive ketones (excluding diaryl/α,β-unsaturated/α-hetero) is 2. The van der Waals surface area contributed by atoms with E-state index in [1.165, 1.54) is 23.5 Å². The normalized spacial score (nSPS) is 17.7. The van der Waals surface area contributed by atoms with Crippen molar-refractivity contribution in [3.63, 3.8) is 0 Å². The Labute approximate surface area is 360 Å². The summed E-state index contributed by atoms with van der Waals surface area (Å²) in [5, 5.41) is 32.5. The lowest BCUT2D eigenvalue weighted by molar-refractivity contribution is -0.148. The van der Waals surface area contributed by atoms with Gasteiger partial charge in [0.05, 0.1) is 23.0 Å². The SMILES string of the molecule is C.C.CC(C)CC(CSC1CC(=O)N(CC(=O)O)C1=O)C(=O)C(C)C.CC(C)NC(CSC1CC(=O)N(CNC(=O)CC(NC(=O)CC(=O)O)C(=O)O)C1=O)C(=O)C(C)C. The molecule has 2 aliphatic rings. The molecular formula is C39H65N5O14S2. The van der Waals surface area contributed by atoms with Gasteiger partial charge >= 0.3 is 17.9 Å². The maximum Gasteiger partial charge on any atom is 0.326 e. The monoisotopic (exact) mass is 891 g/mol. The zero-order chi connectivity index (χ0) is 44.6. The fourth-order valence-electron chi connectivity index (χ4n) is 5.81. The summed E-state index contributed by atoms with van der Waals surface area (Å²) in [5.74, 6) is -7.24. The molecule has 5 unspecified atom stereocenters. The topological polar surface area (TPSA) is 291 Å². The molecule has 5 atom stereocenters. The molecule has 2 rings (SSSR count). The average Bonchev–Trinajstić information content (AvgIpc) is 3.52. The molecule has 0 aromatic rings. The van der Waals surface area contributed by atoms with E-state index in [1.807, 2.05) is 46.9 Å². The summed E-state index contributed by atoms with van der Waals surface area (Å²) < 4.78 is 0. The third kappa shape index (κ3) is 19.8. The highest BCUT2D eigenvalue weighted by molar-refractivity contribution is 8.01. The molecular weight excluding hydrogens is 827 g/mol. The second kappa shape index (κ2) is 27.5. The number of aliphatic carboxylic acids is 3. The van der Waals surface area contributed by atoms with Gasteiger partial charge in [0, 0.05) is 48.1 Å². The summed E-state index contributed by atoms with van der Waals surface area (Å²) in [6.45, 7) is 14.1. The lowest BCUT2D eigenvalue weighted by Gasteiger charge is -2.22. The number of nitrogens with one attached hydrogen (secondary N) is 3. The van der Waals surface area contributed by atoms with Crippen molar-refractivity contribution in [2.75, 3.05) is 24.7 Å². The number of ketones is 2. The maximum absolute atomic E-state index is 12.7. The molecule has 6 amide bonds. The lowest BCUT2D eigenvalue weighted by atomic mass is 9.89. The van der Waals surface area contributed by atoms with E-state index in [0.717, 1.165) is 16.2 Å². The number of hydrogen-bond acceptors (Lipinski definition) is 14. The van der Waals surface area contributed by atoms with E-state index in [9.17, 15) is 52.7 Å². The second-order valence-corrected chi connectivity index (χ2v) is 17.7. The first-order chi connectivity index (χ1) is 26.8. The molecule has 2 fully saturated rings. The second-order valence-electron chi connectivity index (χ2n) is 15.2. The average molecular weight is 892 g/mol. The molecule has 2 aliphatic heterocycles. The van der Waals surface area contributed by atoms with Crippen molar-refractivity contribution in [3.05, 3.63) is 0 Å². The van der Waals surface area contributed by atoms with Crippen LogP contribution in [0.1, 0.15) is 102 Å². The number of carboxylic acids is 3. The molecule has 19 nitrogen and oxygen atoms in total. The van der Waals surface area contributed by atoms with Gasteiger partial charge in [-0.25, -0.2) is 4.79 Å². The molecule has 342 valence electrons. The van der Waals surface area contributed by atoms with Gasteiger partial charge in [-0.2, -0.15) is 0 Å². The Bertz CT molecular complexity index is 1570. The molecule has 0 radical (unpaired) electrons. The number of likely N-dealkylation sites (tertiary alicyclic amines) is 2. The van der Waals surface area contributed by atoms with Crippen LogP contribution in [0.2, 0.25) is 0 Å². The van der Waals surface area contributed by atoms with E-state index in [2.05, 4.69) is 10.6 Å². The minimum Gasteiger partial charge on any atom is -0.481 e. The summed E-state index contributed by atoms with van der Waals surface area (Å²) >= 11 is 2.47. The van der Waals surface area contributed by atoms with Gasteiger partial charge < -0.3 is 31.3 Å². The quantitative estimate of drug-likeness (QED) is 0.0597. The third-order valence-electron chi connectivity index (χ3n) is 8.60. The first-order valence-electron chi connectivity index (χ1n) is 18.8. The van der Waals surface area contributed by atoms with Crippen LogP contribution in [0, 0.1) is 23.7 Å². The summed E-state index contributed by atoms with van der Waals surface area (Å²) in [6.07, 6.45) is -1.03. The highest BCUT2D eigenvalue weighted by Crippen LogP contribution is 2.30. The first kappa shape index (κ1) is 57.7. The Kier molecular flexibility index (Phi) is 26.4. The standard InChI is InChI=1S/C21H32N4O9S.C16H25NO5S.2CH4/c1-10(2)19(31)13(23-11(3)4)8-35-14-6-17(28)25(20(14)32)9-22-15(26)5-12(21(33)34)24-16(27)7-18(29)30;1-9(2)5-11(15(21)10(3)4)8-23-12-6-13(18)17(16(12)22)7-14(19)20;;/h10-14,23H,5-9H2,1-4H3,(H,22,26)(H,24,27)(H,29,30)(H,33,34);9-12H,5-8H2,1-4H3,(H,19,20);2*1H4. The highest BCUT2D eigenvalue weighted by Gasteiger charge is 2.41. The van der Waals surface area contributed by atoms with Crippen LogP contribution >= 0.6 is 23.5 Å². The van der Waals surface area contributed by atoms with Crippen molar-refractivity contribution in [1.82, 2.24) is 25.8 Å². The molecule has 0 spiro atoms. The molecule has 21 heteroatoms. The number of imide groups is 2.